The summed E-state index contributed by atoms with van der Waals surface area (Å²) < 4.78 is 10.7. The molecule has 1 heterocycles. The summed E-state index contributed by atoms with van der Waals surface area (Å²) in [5.41, 5.74) is 0.477. The van der Waals surface area contributed by atoms with Crippen molar-refractivity contribution in [2.45, 2.75) is 11.9 Å². The van der Waals surface area contributed by atoms with E-state index >= 15 is 0 Å². The molecule has 0 bridgehead atoms. The second-order valence-electron chi connectivity index (χ2n) is 4.77. The number of carbonyl (C=O) groups is 1. The third kappa shape index (κ3) is 1.98. The lowest BCUT2D eigenvalue weighted by atomic mass is 9.90. The van der Waals surface area contributed by atoms with Gasteiger partial charge in [0.15, 0.2) is 17.6 Å². The van der Waals surface area contributed by atoms with Gasteiger partial charge in [-0.15, -0.1) is 0 Å². The molecule has 0 saturated heterocycles. The van der Waals surface area contributed by atoms with Crippen LogP contribution in [0.5, 0.6) is 11.5 Å². The van der Waals surface area contributed by atoms with Crippen molar-refractivity contribution in [3.8, 4) is 11.5 Å². The molecule has 108 valence electrons. The van der Waals surface area contributed by atoms with E-state index in [1.165, 1.54) is 13.2 Å². The van der Waals surface area contributed by atoms with Gasteiger partial charge in [-0.1, -0.05) is 36.4 Å². The molecule has 0 fully saturated rings. The lowest BCUT2D eigenvalue weighted by Crippen LogP contribution is -2.52. The Morgan fingerprint density at radius 1 is 1.14 bits per heavy atom. The van der Waals surface area contributed by atoms with Gasteiger partial charge in [0.05, 0.1) is 12.7 Å². The largest absolute Gasteiger partial charge is 0.493 e. The number of carbonyl (C=O) groups excluding carboxylic acids is 1. The monoisotopic (exact) mass is 286 g/mol. The van der Waals surface area contributed by atoms with Crippen LogP contribution in [-0.2, 0) is 5.79 Å². The Kier molecular flexibility index (Phi) is 3.16. The molecule has 0 amide bonds. The van der Waals surface area contributed by atoms with E-state index in [0.29, 0.717) is 11.3 Å². The average Bonchev–Trinajstić information content (AvgIpc) is 2.53. The number of ether oxygens (including phenoxy) is 2. The van der Waals surface area contributed by atoms with E-state index in [1.807, 2.05) is 0 Å². The third-order valence-electron chi connectivity index (χ3n) is 3.53. The number of fused-ring (bicyclic) bond motifs is 1. The van der Waals surface area contributed by atoms with Crippen molar-refractivity contribution in [2.24, 2.45) is 0 Å². The highest BCUT2D eigenvalue weighted by Gasteiger charge is 2.50. The number of rotatable bonds is 2. The van der Waals surface area contributed by atoms with Gasteiger partial charge >= 0.3 is 0 Å². The molecule has 0 saturated carbocycles. The molecule has 5 heteroatoms. The van der Waals surface area contributed by atoms with Crippen LogP contribution in [0.1, 0.15) is 15.9 Å². The summed E-state index contributed by atoms with van der Waals surface area (Å²) in [6, 6.07) is 13.1. The fourth-order valence-corrected chi connectivity index (χ4v) is 2.41. The zero-order valence-electron chi connectivity index (χ0n) is 11.3. The summed E-state index contributed by atoms with van der Waals surface area (Å²) in [5, 5.41) is 20.9. The maximum atomic E-state index is 12.3. The Morgan fingerprint density at radius 2 is 1.86 bits per heavy atom. The van der Waals surface area contributed by atoms with Gasteiger partial charge < -0.3 is 19.7 Å². The van der Waals surface area contributed by atoms with E-state index in [2.05, 4.69) is 0 Å². The highest BCUT2D eigenvalue weighted by Crippen LogP contribution is 2.43. The van der Waals surface area contributed by atoms with Crippen molar-refractivity contribution in [1.82, 2.24) is 0 Å². The Morgan fingerprint density at radius 3 is 2.52 bits per heavy atom. The lowest BCUT2D eigenvalue weighted by Gasteiger charge is -2.37. The summed E-state index contributed by atoms with van der Waals surface area (Å²) in [6.07, 6.45) is -1.71. The first kappa shape index (κ1) is 13.6. The van der Waals surface area contributed by atoms with Crippen LogP contribution >= 0.6 is 0 Å². The lowest BCUT2D eigenvalue weighted by molar-refractivity contribution is -0.204. The second kappa shape index (κ2) is 4.87. The number of hydrogen-bond acceptors (Lipinski definition) is 5. The van der Waals surface area contributed by atoms with Gasteiger partial charge in [-0.25, -0.2) is 0 Å². The Bertz CT molecular complexity index is 682. The van der Waals surface area contributed by atoms with Crippen LogP contribution < -0.4 is 9.47 Å². The molecule has 5 nitrogen and oxygen atoms in total. The van der Waals surface area contributed by atoms with Crippen molar-refractivity contribution >= 4 is 5.78 Å². The summed E-state index contributed by atoms with van der Waals surface area (Å²) >= 11 is 0. The molecule has 2 unspecified atom stereocenters. The average molecular weight is 286 g/mol. The van der Waals surface area contributed by atoms with E-state index in [1.54, 1.807) is 42.5 Å². The van der Waals surface area contributed by atoms with Gasteiger partial charge in [0, 0.05) is 5.56 Å². The van der Waals surface area contributed by atoms with Crippen LogP contribution in [-0.4, -0.2) is 29.2 Å². The Hall–Kier alpha value is -2.37. The number of aliphatic hydroxyl groups excluding tert-OH is 1. The molecule has 2 aromatic rings. The Balaban J connectivity index is 2.17. The fraction of sp³-hybridized carbons (Fsp3) is 0.188. The first-order chi connectivity index (χ1) is 10.1. The van der Waals surface area contributed by atoms with E-state index in [-0.39, 0.29) is 11.3 Å². The molecule has 1 aliphatic rings. The normalized spacial score (nSPS) is 24.1. The molecule has 21 heavy (non-hydrogen) atoms. The van der Waals surface area contributed by atoms with Crippen LogP contribution in [0.3, 0.4) is 0 Å². The van der Waals surface area contributed by atoms with Crippen molar-refractivity contribution in [3.63, 3.8) is 0 Å². The van der Waals surface area contributed by atoms with Crippen LogP contribution in [0.2, 0.25) is 0 Å². The first-order valence-corrected chi connectivity index (χ1v) is 6.44. The third-order valence-corrected chi connectivity index (χ3v) is 3.53. The maximum Gasteiger partial charge on any atom is 0.268 e. The molecule has 0 radical (unpaired) electrons. The van der Waals surface area contributed by atoms with Gasteiger partial charge in [-0.05, 0) is 12.1 Å². The summed E-state index contributed by atoms with van der Waals surface area (Å²) in [5.74, 6) is -2.30. The molecular weight excluding hydrogens is 272 g/mol. The van der Waals surface area contributed by atoms with Crippen molar-refractivity contribution in [3.05, 3.63) is 59.7 Å². The summed E-state index contributed by atoms with van der Waals surface area (Å²) in [6.45, 7) is 0. The zero-order valence-corrected chi connectivity index (χ0v) is 11.3. The molecule has 3 rings (SSSR count). The molecule has 0 aliphatic carbocycles. The molecule has 2 atom stereocenters. The zero-order chi connectivity index (χ0) is 15.0. The summed E-state index contributed by atoms with van der Waals surface area (Å²) in [4.78, 5) is 12.3. The van der Waals surface area contributed by atoms with E-state index in [0.717, 1.165) is 0 Å². The number of Topliss-reactive ketones (excluding diaryl/α,β-unsaturated/α-hetero) is 1. The number of benzene rings is 2. The van der Waals surface area contributed by atoms with Gasteiger partial charge in [-0.2, -0.15) is 0 Å². The van der Waals surface area contributed by atoms with Crippen LogP contribution in [0, 0.1) is 0 Å². The van der Waals surface area contributed by atoms with Crippen molar-refractivity contribution < 1.29 is 24.5 Å². The second-order valence-corrected chi connectivity index (χ2v) is 4.77. The fourth-order valence-electron chi connectivity index (χ4n) is 2.41. The molecule has 1 aliphatic heterocycles. The number of para-hydroxylation sites is 1. The highest BCUT2D eigenvalue weighted by molar-refractivity contribution is 6.04. The van der Waals surface area contributed by atoms with Crippen molar-refractivity contribution in [1.29, 1.82) is 0 Å². The predicted octanol–water partition coefficient (Wildman–Crippen LogP) is 1.48. The SMILES string of the molecule is COc1cccc2c1OC(O)(c1ccccc1)C(O)C2=O. The summed E-state index contributed by atoms with van der Waals surface area (Å²) in [7, 11) is 1.44. The molecule has 2 N–H and O–H groups in total. The maximum absolute atomic E-state index is 12.3. The minimum atomic E-state index is -2.14. The van der Waals surface area contributed by atoms with Crippen LogP contribution in [0.4, 0.5) is 0 Å². The first-order valence-electron chi connectivity index (χ1n) is 6.44. The number of methoxy groups -OCH3 is 1. The Labute approximate surface area is 121 Å². The van der Waals surface area contributed by atoms with Crippen LogP contribution in [0.25, 0.3) is 0 Å². The minimum Gasteiger partial charge on any atom is -0.493 e. The highest BCUT2D eigenvalue weighted by atomic mass is 16.6. The van der Waals surface area contributed by atoms with E-state index in [9.17, 15) is 15.0 Å². The van der Waals surface area contributed by atoms with Crippen LogP contribution in [0.15, 0.2) is 48.5 Å². The molecule has 0 aromatic heterocycles. The van der Waals surface area contributed by atoms with Gasteiger partial charge in [0.1, 0.15) is 0 Å². The molecular formula is C16H14O5. The minimum absolute atomic E-state index is 0.127. The number of ketones is 1. The van der Waals surface area contributed by atoms with Crippen molar-refractivity contribution in [2.75, 3.05) is 7.11 Å². The predicted molar refractivity (Wildman–Crippen MR) is 74.3 cm³/mol. The quantitative estimate of drug-likeness (QED) is 0.874. The van der Waals surface area contributed by atoms with Gasteiger partial charge in [0.2, 0.25) is 5.78 Å². The van der Waals surface area contributed by atoms with Gasteiger partial charge in [0.25, 0.3) is 5.79 Å². The topological polar surface area (TPSA) is 76.0 Å². The number of aliphatic hydroxyl groups is 2. The standard InChI is InChI=1S/C16H14O5/c1-20-12-9-5-8-11-13(17)15(18)16(19,21-14(11)12)10-6-3-2-4-7-10/h2-9,15,18-19H,1H3. The van der Waals surface area contributed by atoms with E-state index < -0.39 is 17.7 Å². The number of hydrogen-bond donors (Lipinski definition) is 2. The van der Waals surface area contributed by atoms with E-state index in [4.69, 9.17) is 9.47 Å². The molecule has 0 spiro atoms. The smallest absolute Gasteiger partial charge is 0.268 e. The molecule has 2 aromatic carbocycles. The van der Waals surface area contributed by atoms with Gasteiger partial charge in [-0.3, -0.25) is 4.79 Å².